The Morgan fingerprint density at radius 1 is 1.00 bits per heavy atom. The molecule has 1 aliphatic heterocycles. The number of aliphatic imine (C=N–C) groups is 1. The number of hydrogen-bond donors (Lipinski definition) is 0. The van der Waals surface area contributed by atoms with Gasteiger partial charge in [0.25, 0.3) is 5.91 Å². The van der Waals surface area contributed by atoms with Gasteiger partial charge in [0.2, 0.25) is 0 Å². The van der Waals surface area contributed by atoms with Crippen molar-refractivity contribution in [1.29, 1.82) is 0 Å². The zero-order valence-electron chi connectivity index (χ0n) is 16.1. The fraction of sp³-hybridized carbons (Fsp3) is 0.130. The summed E-state index contributed by atoms with van der Waals surface area (Å²) < 4.78 is 37.7. The molecule has 5 nitrogen and oxygen atoms in total. The summed E-state index contributed by atoms with van der Waals surface area (Å²) >= 11 is 0. The van der Waals surface area contributed by atoms with Crippen LogP contribution in [0, 0.1) is 11.6 Å². The molecule has 0 unspecified atom stereocenters. The van der Waals surface area contributed by atoms with E-state index in [0.29, 0.717) is 29.6 Å². The Morgan fingerprint density at radius 3 is 2.47 bits per heavy atom. The van der Waals surface area contributed by atoms with E-state index in [-0.39, 0.29) is 6.61 Å². The van der Waals surface area contributed by atoms with Crippen LogP contribution in [0.15, 0.2) is 71.7 Å². The maximum atomic E-state index is 13.8. The molecule has 0 atom stereocenters. The number of methoxy groups -OCH3 is 1. The van der Waals surface area contributed by atoms with Crippen LogP contribution in [0.2, 0.25) is 0 Å². The number of halogens is 2. The third-order valence-corrected chi connectivity index (χ3v) is 4.71. The number of fused-ring (bicyclic) bond motifs is 1. The summed E-state index contributed by atoms with van der Waals surface area (Å²) in [6.07, 6.45) is 0. The van der Waals surface area contributed by atoms with E-state index in [1.807, 2.05) is 24.3 Å². The highest BCUT2D eigenvalue weighted by atomic mass is 19.2. The zero-order chi connectivity index (χ0) is 21.1. The molecule has 0 aromatic heterocycles. The molecule has 0 aliphatic carbocycles. The highest BCUT2D eigenvalue weighted by Gasteiger charge is 2.27. The molecule has 3 aromatic carbocycles. The van der Waals surface area contributed by atoms with Crippen molar-refractivity contribution in [3.05, 3.63) is 89.5 Å². The van der Waals surface area contributed by atoms with Crippen LogP contribution in [-0.4, -0.2) is 25.5 Å². The normalized spacial score (nSPS) is 14.0. The second kappa shape index (κ2) is 8.32. The molecule has 1 amide bonds. The van der Waals surface area contributed by atoms with Crippen molar-refractivity contribution in [1.82, 2.24) is 0 Å². The summed E-state index contributed by atoms with van der Waals surface area (Å²) in [7, 11) is 1.56. The molecule has 0 saturated heterocycles. The van der Waals surface area contributed by atoms with Crippen molar-refractivity contribution in [2.45, 2.75) is 6.54 Å². The lowest BCUT2D eigenvalue weighted by molar-refractivity contribution is -0.119. The standard InChI is InChI=1S/C23H18F2N2O3/c1-29-17-7-9-18(10-8-17)30-14-22(28)26-23-19-5-3-2-4-15(19)13-27(23)16-6-11-20(24)21(25)12-16/h2-12H,13-14H2,1H3. The smallest absolute Gasteiger partial charge is 0.285 e. The first-order chi connectivity index (χ1) is 14.5. The van der Waals surface area contributed by atoms with E-state index in [4.69, 9.17) is 9.47 Å². The predicted molar refractivity (Wildman–Crippen MR) is 109 cm³/mol. The minimum absolute atomic E-state index is 0.260. The summed E-state index contributed by atoms with van der Waals surface area (Å²) in [6.45, 7) is 0.135. The molecule has 0 saturated carbocycles. The third-order valence-electron chi connectivity index (χ3n) is 4.71. The van der Waals surface area contributed by atoms with Crippen LogP contribution in [0.5, 0.6) is 11.5 Å². The SMILES string of the molecule is COc1ccc(OCC(=O)N=C2c3ccccc3CN2c2ccc(F)c(F)c2)cc1. The molecule has 1 aliphatic rings. The predicted octanol–water partition coefficient (Wildman–Crippen LogP) is 4.35. The minimum atomic E-state index is -0.961. The van der Waals surface area contributed by atoms with Crippen molar-refractivity contribution < 1.29 is 23.0 Å². The van der Waals surface area contributed by atoms with Crippen LogP contribution in [0.3, 0.4) is 0 Å². The van der Waals surface area contributed by atoms with E-state index >= 15 is 0 Å². The van der Waals surface area contributed by atoms with Crippen LogP contribution in [0.4, 0.5) is 14.5 Å². The summed E-state index contributed by atoms with van der Waals surface area (Å²) in [6, 6.07) is 17.9. The zero-order valence-corrected chi connectivity index (χ0v) is 16.1. The van der Waals surface area contributed by atoms with Gasteiger partial charge in [0.05, 0.1) is 13.7 Å². The number of amidine groups is 1. The molecule has 0 radical (unpaired) electrons. The van der Waals surface area contributed by atoms with Crippen molar-refractivity contribution in [3.63, 3.8) is 0 Å². The molecule has 7 heteroatoms. The van der Waals surface area contributed by atoms with Gasteiger partial charge in [-0.05, 0) is 42.0 Å². The topological polar surface area (TPSA) is 51.1 Å². The quantitative estimate of drug-likeness (QED) is 0.630. The Bertz CT molecular complexity index is 1110. The first kappa shape index (κ1) is 19.6. The van der Waals surface area contributed by atoms with Crippen LogP contribution in [-0.2, 0) is 11.3 Å². The molecule has 0 bridgehead atoms. The molecule has 0 spiro atoms. The van der Waals surface area contributed by atoms with Crippen LogP contribution in [0.25, 0.3) is 0 Å². The van der Waals surface area contributed by atoms with Gasteiger partial charge < -0.3 is 14.4 Å². The molecule has 152 valence electrons. The van der Waals surface area contributed by atoms with Crippen LogP contribution < -0.4 is 14.4 Å². The van der Waals surface area contributed by atoms with Gasteiger partial charge in [0.15, 0.2) is 18.2 Å². The van der Waals surface area contributed by atoms with Crippen molar-refractivity contribution in [3.8, 4) is 11.5 Å². The van der Waals surface area contributed by atoms with Crippen molar-refractivity contribution >= 4 is 17.4 Å². The molecule has 30 heavy (non-hydrogen) atoms. The summed E-state index contributed by atoms with van der Waals surface area (Å²) in [5, 5.41) is 0. The maximum absolute atomic E-state index is 13.8. The first-order valence-electron chi connectivity index (χ1n) is 9.24. The van der Waals surface area contributed by atoms with E-state index in [1.165, 1.54) is 6.07 Å². The first-order valence-corrected chi connectivity index (χ1v) is 9.24. The molecular weight excluding hydrogens is 390 g/mol. The number of ether oxygens (including phenoxy) is 2. The van der Waals surface area contributed by atoms with Gasteiger partial charge in [-0.15, -0.1) is 0 Å². The minimum Gasteiger partial charge on any atom is -0.497 e. The number of rotatable bonds is 5. The van der Waals surface area contributed by atoms with Crippen molar-refractivity contribution in [2.75, 3.05) is 18.6 Å². The number of amides is 1. The lowest BCUT2D eigenvalue weighted by atomic mass is 10.1. The summed E-state index contributed by atoms with van der Waals surface area (Å²) in [5.74, 6) is -0.827. The van der Waals surface area contributed by atoms with Crippen molar-refractivity contribution in [2.24, 2.45) is 4.99 Å². The lowest BCUT2D eigenvalue weighted by Gasteiger charge is -2.19. The Hall–Kier alpha value is -3.74. The second-order valence-corrected chi connectivity index (χ2v) is 6.64. The van der Waals surface area contributed by atoms with Crippen LogP contribution >= 0.6 is 0 Å². The average molecular weight is 408 g/mol. The third kappa shape index (κ3) is 4.00. The molecule has 0 fully saturated rings. The molecular formula is C23H18F2N2O3. The Kier molecular flexibility index (Phi) is 5.43. The number of anilines is 1. The van der Waals surface area contributed by atoms with E-state index in [0.717, 1.165) is 23.3 Å². The van der Waals surface area contributed by atoms with Gasteiger partial charge in [-0.2, -0.15) is 4.99 Å². The fourth-order valence-corrected chi connectivity index (χ4v) is 3.22. The molecule has 4 rings (SSSR count). The second-order valence-electron chi connectivity index (χ2n) is 6.64. The van der Waals surface area contributed by atoms with E-state index in [9.17, 15) is 13.6 Å². The molecule has 0 N–H and O–H groups in total. The maximum Gasteiger partial charge on any atom is 0.285 e. The Morgan fingerprint density at radius 2 is 1.73 bits per heavy atom. The van der Waals surface area contributed by atoms with Gasteiger partial charge in [-0.25, -0.2) is 8.78 Å². The number of nitrogens with zero attached hydrogens (tertiary/aromatic N) is 2. The number of benzene rings is 3. The Labute approximate surface area is 172 Å². The molecule has 1 heterocycles. The van der Waals surface area contributed by atoms with E-state index in [1.54, 1.807) is 36.3 Å². The summed E-state index contributed by atoms with van der Waals surface area (Å²) in [4.78, 5) is 18.4. The average Bonchev–Trinajstić information content (AvgIpc) is 3.13. The fourth-order valence-electron chi connectivity index (χ4n) is 3.22. The number of carbonyl (C=O) groups is 1. The van der Waals surface area contributed by atoms with Gasteiger partial charge in [-0.3, -0.25) is 4.79 Å². The highest BCUT2D eigenvalue weighted by molar-refractivity contribution is 6.17. The highest BCUT2D eigenvalue weighted by Crippen LogP contribution is 2.30. The molecule has 3 aromatic rings. The van der Waals surface area contributed by atoms with Gasteiger partial charge in [0, 0.05) is 17.3 Å². The number of hydrogen-bond acceptors (Lipinski definition) is 3. The van der Waals surface area contributed by atoms with Crippen LogP contribution in [0.1, 0.15) is 11.1 Å². The van der Waals surface area contributed by atoms with Gasteiger partial charge in [0.1, 0.15) is 17.3 Å². The monoisotopic (exact) mass is 408 g/mol. The largest absolute Gasteiger partial charge is 0.497 e. The van der Waals surface area contributed by atoms with Gasteiger partial charge in [-0.1, -0.05) is 24.3 Å². The lowest BCUT2D eigenvalue weighted by Crippen LogP contribution is -2.26. The van der Waals surface area contributed by atoms with E-state index in [2.05, 4.69) is 4.99 Å². The number of carbonyl (C=O) groups excluding carboxylic acids is 1. The Balaban J connectivity index is 1.58. The summed E-state index contributed by atoms with van der Waals surface area (Å²) in [5.41, 5.74) is 2.11. The van der Waals surface area contributed by atoms with Gasteiger partial charge >= 0.3 is 0 Å². The van der Waals surface area contributed by atoms with E-state index < -0.39 is 17.5 Å².